The zero-order chi connectivity index (χ0) is 22.1. The zero-order valence-electron chi connectivity index (χ0n) is 17.4. The van der Waals surface area contributed by atoms with E-state index in [0.717, 1.165) is 28.7 Å². The molecule has 4 rings (SSSR count). The number of nitrogens with one attached hydrogen (secondary N) is 3. The number of amides is 2. The van der Waals surface area contributed by atoms with E-state index in [9.17, 15) is 19.2 Å². The number of nitrogens with zero attached hydrogens (tertiary/aromatic N) is 1. The lowest BCUT2D eigenvalue weighted by atomic mass is 10.1. The molecule has 1 aliphatic rings. The molecule has 0 bridgehead atoms. The standard InChI is InChI=1S/C23H24N4O4/c1-3-27-22(30)18-11-8-16(12-19(18)26-23(27)31)21(29)24-13(2)14-6-9-17(10-7-14)25-20(28)15-4-5-15/h6-13,15H,3-5H2,1-2H3,(H,24,29)(H,25,28)(H,26,31). The number of fused-ring (bicyclic) bond motifs is 1. The van der Waals surface area contributed by atoms with E-state index in [0.29, 0.717) is 16.5 Å². The second-order valence-electron chi connectivity index (χ2n) is 7.82. The van der Waals surface area contributed by atoms with Gasteiger partial charge in [0.15, 0.2) is 0 Å². The van der Waals surface area contributed by atoms with Gasteiger partial charge in [-0.2, -0.15) is 0 Å². The molecule has 2 amide bonds. The van der Waals surface area contributed by atoms with Crippen molar-refractivity contribution in [2.45, 2.75) is 39.3 Å². The maximum Gasteiger partial charge on any atom is 0.328 e. The number of aromatic nitrogens is 2. The molecular weight excluding hydrogens is 396 g/mol. The maximum absolute atomic E-state index is 12.7. The van der Waals surface area contributed by atoms with Crippen LogP contribution in [0.15, 0.2) is 52.1 Å². The Morgan fingerprint density at radius 3 is 2.48 bits per heavy atom. The lowest BCUT2D eigenvalue weighted by molar-refractivity contribution is -0.117. The highest BCUT2D eigenvalue weighted by Gasteiger charge is 2.29. The topological polar surface area (TPSA) is 113 Å². The van der Waals surface area contributed by atoms with Gasteiger partial charge in [0.05, 0.1) is 16.9 Å². The minimum atomic E-state index is -0.500. The molecule has 3 aromatic rings. The van der Waals surface area contributed by atoms with E-state index >= 15 is 0 Å². The van der Waals surface area contributed by atoms with Gasteiger partial charge in [-0.05, 0) is 62.6 Å². The number of rotatable bonds is 6. The van der Waals surface area contributed by atoms with Crippen molar-refractivity contribution in [3.63, 3.8) is 0 Å². The van der Waals surface area contributed by atoms with Crippen LogP contribution in [0.2, 0.25) is 0 Å². The van der Waals surface area contributed by atoms with Gasteiger partial charge in [-0.3, -0.25) is 19.0 Å². The molecule has 0 spiro atoms. The van der Waals surface area contributed by atoms with Crippen LogP contribution in [0.3, 0.4) is 0 Å². The molecule has 1 aromatic heterocycles. The fourth-order valence-electron chi connectivity index (χ4n) is 3.49. The minimum Gasteiger partial charge on any atom is -0.346 e. The van der Waals surface area contributed by atoms with Crippen molar-refractivity contribution in [3.05, 3.63) is 74.4 Å². The number of carbonyl (C=O) groups excluding carboxylic acids is 2. The molecule has 0 aliphatic heterocycles. The van der Waals surface area contributed by atoms with Gasteiger partial charge in [0.25, 0.3) is 11.5 Å². The van der Waals surface area contributed by atoms with Gasteiger partial charge >= 0.3 is 5.69 Å². The van der Waals surface area contributed by atoms with E-state index in [-0.39, 0.29) is 35.9 Å². The highest BCUT2D eigenvalue weighted by Crippen LogP contribution is 2.30. The number of hydrogen-bond acceptors (Lipinski definition) is 4. The summed E-state index contributed by atoms with van der Waals surface area (Å²) in [4.78, 5) is 51.6. The summed E-state index contributed by atoms with van der Waals surface area (Å²) in [5.41, 5.74) is 1.41. The van der Waals surface area contributed by atoms with E-state index in [2.05, 4.69) is 15.6 Å². The molecule has 0 radical (unpaired) electrons. The van der Waals surface area contributed by atoms with Crippen molar-refractivity contribution in [3.8, 4) is 0 Å². The van der Waals surface area contributed by atoms with Crippen LogP contribution in [-0.4, -0.2) is 21.4 Å². The molecule has 3 N–H and O–H groups in total. The molecule has 0 saturated heterocycles. The van der Waals surface area contributed by atoms with Crippen LogP contribution < -0.4 is 21.9 Å². The summed E-state index contributed by atoms with van der Waals surface area (Å²) in [6, 6.07) is 11.7. The van der Waals surface area contributed by atoms with Crippen molar-refractivity contribution < 1.29 is 9.59 Å². The average Bonchev–Trinajstić information content (AvgIpc) is 3.59. The first-order chi connectivity index (χ1) is 14.9. The third kappa shape index (κ3) is 4.28. The quantitative estimate of drug-likeness (QED) is 0.569. The Bertz CT molecular complexity index is 1270. The van der Waals surface area contributed by atoms with Gasteiger partial charge in [0.2, 0.25) is 5.91 Å². The predicted molar refractivity (Wildman–Crippen MR) is 118 cm³/mol. The number of H-pyrrole nitrogens is 1. The van der Waals surface area contributed by atoms with Crippen LogP contribution in [-0.2, 0) is 11.3 Å². The molecule has 1 saturated carbocycles. The SMILES string of the molecule is CCn1c(=O)[nH]c2cc(C(=O)NC(C)c3ccc(NC(=O)C4CC4)cc3)ccc2c1=O. The number of carbonyl (C=O) groups is 2. The zero-order valence-corrected chi connectivity index (χ0v) is 17.4. The van der Waals surface area contributed by atoms with Gasteiger partial charge in [0, 0.05) is 23.7 Å². The molecular formula is C23H24N4O4. The minimum absolute atomic E-state index is 0.0501. The van der Waals surface area contributed by atoms with Crippen molar-refractivity contribution >= 4 is 28.4 Å². The summed E-state index contributed by atoms with van der Waals surface area (Å²) < 4.78 is 1.11. The van der Waals surface area contributed by atoms with Crippen molar-refractivity contribution in [1.29, 1.82) is 0 Å². The van der Waals surface area contributed by atoms with Gasteiger partial charge in [-0.15, -0.1) is 0 Å². The molecule has 160 valence electrons. The third-order valence-corrected chi connectivity index (χ3v) is 5.53. The summed E-state index contributed by atoms with van der Waals surface area (Å²) in [7, 11) is 0. The van der Waals surface area contributed by atoms with Crippen LogP contribution in [0.25, 0.3) is 10.9 Å². The lowest BCUT2D eigenvalue weighted by Gasteiger charge is -2.15. The summed E-state index contributed by atoms with van der Waals surface area (Å²) in [5.74, 6) is -0.130. The predicted octanol–water partition coefficient (Wildman–Crippen LogP) is 2.55. The average molecular weight is 420 g/mol. The second kappa shape index (κ2) is 8.22. The van der Waals surface area contributed by atoms with Crippen molar-refractivity contribution in [2.75, 3.05) is 5.32 Å². The highest BCUT2D eigenvalue weighted by molar-refractivity contribution is 5.98. The Morgan fingerprint density at radius 2 is 1.84 bits per heavy atom. The van der Waals surface area contributed by atoms with Crippen LogP contribution in [0, 0.1) is 5.92 Å². The summed E-state index contributed by atoms with van der Waals surface area (Å²) >= 11 is 0. The van der Waals surface area contributed by atoms with Gasteiger partial charge in [-0.1, -0.05) is 12.1 Å². The summed E-state index contributed by atoms with van der Waals surface area (Å²) in [6.45, 7) is 3.85. The van der Waals surface area contributed by atoms with E-state index in [1.165, 1.54) is 6.07 Å². The van der Waals surface area contributed by atoms with Crippen LogP contribution in [0.1, 0.15) is 48.7 Å². The Balaban J connectivity index is 1.48. The first kappa shape index (κ1) is 20.6. The van der Waals surface area contributed by atoms with E-state index in [1.54, 1.807) is 19.1 Å². The largest absolute Gasteiger partial charge is 0.346 e. The molecule has 1 aliphatic carbocycles. The van der Waals surface area contributed by atoms with Gasteiger partial charge in [0.1, 0.15) is 0 Å². The van der Waals surface area contributed by atoms with Crippen molar-refractivity contribution in [1.82, 2.24) is 14.9 Å². The molecule has 8 heteroatoms. The summed E-state index contributed by atoms with van der Waals surface area (Å²) in [5, 5.41) is 6.16. The maximum atomic E-state index is 12.7. The van der Waals surface area contributed by atoms with E-state index in [4.69, 9.17) is 0 Å². The molecule has 1 unspecified atom stereocenters. The first-order valence-electron chi connectivity index (χ1n) is 10.4. The number of anilines is 1. The lowest BCUT2D eigenvalue weighted by Crippen LogP contribution is -2.34. The fourth-order valence-corrected chi connectivity index (χ4v) is 3.49. The third-order valence-electron chi connectivity index (χ3n) is 5.53. The Kier molecular flexibility index (Phi) is 5.46. The van der Waals surface area contributed by atoms with E-state index in [1.807, 2.05) is 31.2 Å². The van der Waals surface area contributed by atoms with Gasteiger partial charge < -0.3 is 15.6 Å². The number of hydrogen-bond donors (Lipinski definition) is 3. The number of aromatic amines is 1. The molecule has 1 fully saturated rings. The van der Waals surface area contributed by atoms with Gasteiger partial charge in [-0.25, -0.2) is 4.79 Å². The molecule has 8 nitrogen and oxygen atoms in total. The monoisotopic (exact) mass is 420 g/mol. The summed E-state index contributed by atoms with van der Waals surface area (Å²) in [6.07, 6.45) is 1.90. The Morgan fingerprint density at radius 1 is 1.13 bits per heavy atom. The second-order valence-corrected chi connectivity index (χ2v) is 7.82. The van der Waals surface area contributed by atoms with Crippen LogP contribution >= 0.6 is 0 Å². The fraction of sp³-hybridized carbons (Fsp3) is 0.304. The molecule has 2 aromatic carbocycles. The number of benzene rings is 2. The Hall–Kier alpha value is -3.68. The normalized spacial score (nSPS) is 14.3. The molecule has 1 atom stereocenters. The Labute approximate surface area is 178 Å². The highest BCUT2D eigenvalue weighted by atomic mass is 16.2. The smallest absolute Gasteiger partial charge is 0.328 e. The first-order valence-corrected chi connectivity index (χ1v) is 10.4. The molecule has 1 heterocycles. The van der Waals surface area contributed by atoms with Crippen LogP contribution in [0.5, 0.6) is 0 Å². The molecule has 31 heavy (non-hydrogen) atoms. The van der Waals surface area contributed by atoms with Crippen LogP contribution in [0.4, 0.5) is 5.69 Å². The van der Waals surface area contributed by atoms with Crippen molar-refractivity contribution in [2.24, 2.45) is 5.92 Å². The van der Waals surface area contributed by atoms with E-state index < -0.39 is 5.69 Å².